The second-order valence-electron chi connectivity index (χ2n) is 18.0. The summed E-state index contributed by atoms with van der Waals surface area (Å²) in [4.78, 5) is 37.1. The SMILES string of the molecule is CC/C=C/C/C=C/C/C=C/C/C=C/C/C=C/C/C=C/CCCCCCC(=O)OC(COCCC(C(=O)[O-])[N+](C)(C)C)COC(=O)CCCCC/C=C/C/C=C/C/C=C/C/C=C/C/C=C/C/C=C/CC. The number of quaternary nitrogens is 1. The third-order valence-corrected chi connectivity index (χ3v) is 10.7. The van der Waals surface area contributed by atoms with Crippen molar-refractivity contribution in [3.8, 4) is 0 Å². The van der Waals surface area contributed by atoms with E-state index >= 15 is 0 Å². The second kappa shape index (κ2) is 49.6. The van der Waals surface area contributed by atoms with Gasteiger partial charge < -0.3 is 28.6 Å². The molecule has 0 aromatic rings. The first kappa shape index (κ1) is 64.2. The van der Waals surface area contributed by atoms with Crippen LogP contribution in [0.3, 0.4) is 0 Å². The van der Waals surface area contributed by atoms with Crippen LogP contribution in [0.5, 0.6) is 0 Å². The van der Waals surface area contributed by atoms with Crippen molar-refractivity contribution >= 4 is 17.9 Å². The molecule has 8 heteroatoms. The van der Waals surface area contributed by atoms with E-state index in [1.165, 1.54) is 0 Å². The van der Waals surface area contributed by atoms with Crippen molar-refractivity contribution in [1.82, 2.24) is 0 Å². The van der Waals surface area contributed by atoms with Crippen LogP contribution >= 0.6 is 0 Å². The highest BCUT2D eigenvalue weighted by Crippen LogP contribution is 2.12. The van der Waals surface area contributed by atoms with Crippen LogP contribution < -0.4 is 5.11 Å². The van der Waals surface area contributed by atoms with Gasteiger partial charge in [-0.25, -0.2) is 0 Å². The summed E-state index contributed by atoms with van der Waals surface area (Å²) in [6.45, 7) is 4.35. The number of carboxylic acids is 1. The molecular weight excluding hydrogens is 859 g/mol. The second-order valence-corrected chi connectivity index (χ2v) is 18.0. The Morgan fingerprint density at radius 2 is 0.768 bits per heavy atom. The lowest BCUT2D eigenvalue weighted by Gasteiger charge is -2.34. The Hall–Kier alpha value is -4.79. The maximum atomic E-state index is 12.8. The summed E-state index contributed by atoms with van der Waals surface area (Å²) < 4.78 is 17.2. The Morgan fingerprint density at radius 1 is 0.435 bits per heavy atom. The molecule has 0 fully saturated rings. The number of hydrogen-bond acceptors (Lipinski definition) is 7. The van der Waals surface area contributed by atoms with Gasteiger partial charge in [0.2, 0.25) is 0 Å². The van der Waals surface area contributed by atoms with E-state index in [1.807, 2.05) is 0 Å². The predicted octanol–water partition coefficient (Wildman–Crippen LogP) is 14.4. The zero-order valence-corrected chi connectivity index (χ0v) is 43.9. The number of ether oxygens (including phenoxy) is 3. The summed E-state index contributed by atoms with van der Waals surface area (Å²) in [6, 6.07) is -0.748. The standard InChI is InChI=1S/C61H95NO7/c1-6-8-10-12-14-16-18-20-22-24-26-28-30-32-34-36-38-40-42-44-46-48-50-52-60(64)69-57(55-67-54-53-58(61(65)66)62(3,4)5)56-68-59(63)51-49-47-45-43-41-39-37-35-33-31-29-27-25-23-21-19-17-15-13-11-9-7-2/h8-11,14-17,20-23,26-29,32-35,38-41,57-58H,6-7,12-13,18-19,24-25,30-31,36-37,42-56H2,1-5H3/b10-8+,11-9+,16-14+,17-15+,22-20+,23-21+,28-26+,29-27+,34-32+,35-33+,40-38+,41-39+. The van der Waals surface area contributed by atoms with Gasteiger partial charge in [0.1, 0.15) is 12.6 Å². The lowest BCUT2D eigenvalue weighted by molar-refractivity contribution is -0.889. The van der Waals surface area contributed by atoms with Crippen LogP contribution in [-0.4, -0.2) is 75.5 Å². The van der Waals surface area contributed by atoms with E-state index in [-0.39, 0.29) is 49.1 Å². The maximum absolute atomic E-state index is 12.8. The predicted molar refractivity (Wildman–Crippen MR) is 290 cm³/mol. The van der Waals surface area contributed by atoms with Crippen molar-refractivity contribution < 1.29 is 38.2 Å². The fraction of sp³-hybridized carbons (Fsp3) is 0.557. The number of rotatable bonds is 45. The topological polar surface area (TPSA) is 102 Å². The molecule has 0 amide bonds. The number of carboxylic acid groups (broad SMARTS) is 1. The van der Waals surface area contributed by atoms with E-state index in [4.69, 9.17) is 14.2 Å². The molecule has 0 aromatic carbocycles. The molecule has 0 aliphatic heterocycles. The van der Waals surface area contributed by atoms with Gasteiger partial charge >= 0.3 is 11.9 Å². The molecule has 0 spiro atoms. The number of nitrogens with zero attached hydrogens (tertiary/aromatic N) is 1. The van der Waals surface area contributed by atoms with Crippen molar-refractivity contribution in [1.29, 1.82) is 0 Å². The first-order chi connectivity index (χ1) is 33.6. The van der Waals surface area contributed by atoms with Gasteiger partial charge in [0, 0.05) is 19.3 Å². The van der Waals surface area contributed by atoms with Crippen LogP contribution in [0.15, 0.2) is 146 Å². The maximum Gasteiger partial charge on any atom is 0.306 e. The van der Waals surface area contributed by atoms with Gasteiger partial charge in [0.05, 0.1) is 40.3 Å². The zero-order chi connectivity index (χ0) is 50.6. The number of carbonyl (C=O) groups excluding carboxylic acids is 3. The molecule has 8 nitrogen and oxygen atoms in total. The smallest absolute Gasteiger partial charge is 0.306 e. The Labute approximate surface area is 421 Å². The van der Waals surface area contributed by atoms with E-state index in [1.54, 1.807) is 21.1 Å². The van der Waals surface area contributed by atoms with Crippen LogP contribution in [0, 0.1) is 0 Å². The van der Waals surface area contributed by atoms with E-state index < -0.39 is 18.1 Å². The largest absolute Gasteiger partial charge is 0.544 e. The van der Waals surface area contributed by atoms with Gasteiger partial charge in [-0.1, -0.05) is 179 Å². The van der Waals surface area contributed by atoms with Crippen LogP contribution in [0.1, 0.15) is 168 Å². The zero-order valence-electron chi connectivity index (χ0n) is 43.9. The molecule has 0 aromatic heterocycles. The monoisotopic (exact) mass is 954 g/mol. The molecule has 2 unspecified atom stereocenters. The normalized spacial score (nSPS) is 14.0. The van der Waals surface area contributed by atoms with Crippen LogP contribution in [-0.2, 0) is 28.6 Å². The molecule has 386 valence electrons. The fourth-order valence-electron chi connectivity index (χ4n) is 6.72. The number of aliphatic carboxylic acids is 1. The summed E-state index contributed by atoms with van der Waals surface area (Å²) in [5.74, 6) is -1.83. The van der Waals surface area contributed by atoms with Crippen LogP contribution in [0.2, 0.25) is 0 Å². The van der Waals surface area contributed by atoms with Gasteiger partial charge in [-0.15, -0.1) is 0 Å². The minimum Gasteiger partial charge on any atom is -0.544 e. The summed E-state index contributed by atoms with van der Waals surface area (Å²) in [6.07, 6.45) is 73.1. The van der Waals surface area contributed by atoms with Gasteiger partial charge in [-0.3, -0.25) is 9.59 Å². The molecule has 0 aliphatic carbocycles. The molecule has 0 bridgehead atoms. The number of esters is 2. The third kappa shape index (κ3) is 48.0. The van der Waals surface area contributed by atoms with Gasteiger partial charge in [0.15, 0.2) is 6.10 Å². The van der Waals surface area contributed by atoms with Crippen LogP contribution in [0.4, 0.5) is 0 Å². The average Bonchev–Trinajstić information content (AvgIpc) is 3.31. The first-order valence-corrected chi connectivity index (χ1v) is 26.4. The van der Waals surface area contributed by atoms with Crippen molar-refractivity contribution in [2.45, 2.75) is 180 Å². The number of allylic oxidation sites excluding steroid dienone is 24. The molecule has 0 saturated carbocycles. The highest BCUT2D eigenvalue weighted by atomic mass is 16.6. The molecule has 0 rings (SSSR count). The molecule has 69 heavy (non-hydrogen) atoms. The lowest BCUT2D eigenvalue weighted by Crippen LogP contribution is -2.55. The average molecular weight is 954 g/mol. The van der Waals surface area contributed by atoms with E-state index in [0.29, 0.717) is 12.8 Å². The van der Waals surface area contributed by atoms with Crippen molar-refractivity contribution in [2.75, 3.05) is 41.0 Å². The number of likely N-dealkylation sites (N-methyl/N-ethyl adjacent to an activating group) is 1. The molecule has 0 N–H and O–H groups in total. The summed E-state index contributed by atoms with van der Waals surface area (Å²) in [5, 5.41) is 11.7. The van der Waals surface area contributed by atoms with Gasteiger partial charge in [-0.2, -0.15) is 0 Å². The Balaban J connectivity index is 4.41. The Kier molecular flexibility index (Phi) is 46.2. The first-order valence-electron chi connectivity index (χ1n) is 26.4. The number of hydrogen-bond donors (Lipinski definition) is 0. The quantitative estimate of drug-likeness (QED) is 0.0259. The van der Waals surface area contributed by atoms with Crippen molar-refractivity contribution in [3.63, 3.8) is 0 Å². The van der Waals surface area contributed by atoms with E-state index in [0.717, 1.165) is 128 Å². The van der Waals surface area contributed by atoms with E-state index in [9.17, 15) is 19.5 Å². The van der Waals surface area contributed by atoms with E-state index in [2.05, 4.69) is 160 Å². The Morgan fingerprint density at radius 3 is 1.13 bits per heavy atom. The lowest BCUT2D eigenvalue weighted by atomic mass is 10.1. The highest BCUT2D eigenvalue weighted by Gasteiger charge is 2.25. The minimum atomic E-state index is -1.14. The van der Waals surface area contributed by atoms with Gasteiger partial charge in [-0.05, 0) is 116 Å². The van der Waals surface area contributed by atoms with Crippen LogP contribution in [0.25, 0.3) is 0 Å². The molecule has 0 aliphatic rings. The molecule has 0 radical (unpaired) electrons. The summed E-state index contributed by atoms with van der Waals surface area (Å²) in [7, 11) is 5.38. The summed E-state index contributed by atoms with van der Waals surface area (Å²) >= 11 is 0. The molecule has 0 saturated heterocycles. The summed E-state index contributed by atoms with van der Waals surface area (Å²) in [5.41, 5.74) is 0. The fourth-order valence-corrected chi connectivity index (χ4v) is 6.72. The van der Waals surface area contributed by atoms with Crippen molar-refractivity contribution in [3.05, 3.63) is 146 Å². The highest BCUT2D eigenvalue weighted by molar-refractivity contribution is 5.70. The number of unbranched alkanes of at least 4 members (excludes halogenated alkanes) is 7. The van der Waals surface area contributed by atoms with Gasteiger partial charge in [0.25, 0.3) is 0 Å². The minimum absolute atomic E-state index is 0.00778. The molecule has 2 atom stereocenters. The van der Waals surface area contributed by atoms with Crippen molar-refractivity contribution in [2.24, 2.45) is 0 Å². The third-order valence-electron chi connectivity index (χ3n) is 10.7. The Bertz CT molecular complexity index is 1630. The number of carbonyl (C=O) groups is 3. The molecular formula is C61H95NO7. The molecule has 0 heterocycles.